The summed E-state index contributed by atoms with van der Waals surface area (Å²) in [6, 6.07) is 15.7. The van der Waals surface area contributed by atoms with Crippen LogP contribution in [0, 0.1) is 11.6 Å². The van der Waals surface area contributed by atoms with Crippen LogP contribution in [-0.2, 0) is 0 Å². The lowest BCUT2D eigenvalue weighted by atomic mass is 10.2. The van der Waals surface area contributed by atoms with Crippen LogP contribution in [0.4, 0.5) is 8.78 Å². The molecule has 27 heavy (non-hydrogen) atoms. The first kappa shape index (κ1) is 17.2. The highest BCUT2D eigenvalue weighted by Crippen LogP contribution is 2.31. The maximum atomic E-state index is 13.9. The van der Waals surface area contributed by atoms with Gasteiger partial charge in [-0.05, 0) is 48.2 Å². The molecule has 0 aliphatic rings. The Labute approximate surface area is 156 Å². The zero-order chi connectivity index (χ0) is 18.8. The Hall–Kier alpha value is -3.26. The average Bonchev–Trinajstić information content (AvgIpc) is 3.32. The molecule has 0 spiro atoms. The topological polar surface area (TPSA) is 60.9 Å². The van der Waals surface area contributed by atoms with E-state index in [0.29, 0.717) is 29.0 Å². The van der Waals surface area contributed by atoms with Gasteiger partial charge in [0.25, 0.3) is 0 Å². The second kappa shape index (κ2) is 7.16. The van der Waals surface area contributed by atoms with Gasteiger partial charge in [-0.25, -0.2) is 8.78 Å². The molecular weight excluding hydrogens is 372 g/mol. The number of hydrogen-bond acceptors (Lipinski definition) is 5. The molecule has 0 saturated carbocycles. The standard InChI is InChI=1S/C19H11F2N3O2S/c20-13-8-4-9-14(21)16(13)18(25)27-19-23-22-17(15-10-5-11-26-15)24(19)12-6-2-1-3-7-12/h1-11H. The number of carbonyl (C=O) groups is 1. The summed E-state index contributed by atoms with van der Waals surface area (Å²) in [6.07, 6.45) is 1.49. The predicted molar refractivity (Wildman–Crippen MR) is 95.6 cm³/mol. The fraction of sp³-hybridized carbons (Fsp3) is 0. The number of benzene rings is 2. The van der Waals surface area contributed by atoms with Crippen molar-refractivity contribution in [2.75, 3.05) is 0 Å². The summed E-state index contributed by atoms with van der Waals surface area (Å²) in [5.74, 6) is -1.03. The Morgan fingerprint density at radius 3 is 2.33 bits per heavy atom. The van der Waals surface area contributed by atoms with E-state index < -0.39 is 22.3 Å². The predicted octanol–water partition coefficient (Wildman–Crippen LogP) is 4.74. The monoisotopic (exact) mass is 383 g/mol. The van der Waals surface area contributed by atoms with Crippen molar-refractivity contribution in [3.63, 3.8) is 0 Å². The molecule has 2 aromatic carbocycles. The largest absolute Gasteiger partial charge is 0.461 e. The van der Waals surface area contributed by atoms with Crippen molar-refractivity contribution in [1.82, 2.24) is 14.8 Å². The SMILES string of the molecule is O=C(Sc1nnc(-c2ccco2)n1-c1ccccc1)c1c(F)cccc1F. The van der Waals surface area contributed by atoms with Crippen molar-refractivity contribution in [1.29, 1.82) is 0 Å². The van der Waals surface area contributed by atoms with E-state index in [0.717, 1.165) is 12.1 Å². The van der Waals surface area contributed by atoms with E-state index >= 15 is 0 Å². The van der Waals surface area contributed by atoms with Gasteiger partial charge in [-0.1, -0.05) is 24.3 Å². The van der Waals surface area contributed by atoms with Gasteiger partial charge in [-0.2, -0.15) is 0 Å². The zero-order valence-corrected chi connectivity index (χ0v) is 14.5. The normalized spacial score (nSPS) is 10.9. The molecule has 2 heterocycles. The molecule has 2 aromatic heterocycles. The summed E-state index contributed by atoms with van der Waals surface area (Å²) >= 11 is 0.593. The molecule has 5 nitrogen and oxygen atoms in total. The van der Waals surface area contributed by atoms with E-state index in [9.17, 15) is 13.6 Å². The lowest BCUT2D eigenvalue weighted by molar-refractivity contribution is 0.108. The van der Waals surface area contributed by atoms with E-state index in [1.807, 2.05) is 18.2 Å². The molecule has 8 heteroatoms. The fourth-order valence-corrected chi connectivity index (χ4v) is 3.37. The maximum absolute atomic E-state index is 13.9. The summed E-state index contributed by atoms with van der Waals surface area (Å²) in [5, 5.41) is 7.47. The Balaban J connectivity index is 1.79. The number of furan rings is 1. The number of rotatable bonds is 4. The molecule has 0 aliphatic heterocycles. The lowest BCUT2D eigenvalue weighted by Crippen LogP contribution is -2.05. The molecule has 0 saturated heterocycles. The van der Waals surface area contributed by atoms with Crippen molar-refractivity contribution in [2.45, 2.75) is 5.16 Å². The van der Waals surface area contributed by atoms with Crippen LogP contribution in [0.1, 0.15) is 10.4 Å². The Kier molecular flexibility index (Phi) is 4.55. The molecule has 0 bridgehead atoms. The second-order valence-corrected chi connectivity index (χ2v) is 6.38. The Morgan fingerprint density at radius 2 is 1.67 bits per heavy atom. The van der Waals surface area contributed by atoms with Crippen LogP contribution < -0.4 is 0 Å². The van der Waals surface area contributed by atoms with Crippen molar-refractivity contribution < 1.29 is 18.0 Å². The Bertz CT molecular complexity index is 1080. The highest BCUT2D eigenvalue weighted by atomic mass is 32.2. The number of carbonyl (C=O) groups excluding carboxylic acids is 1. The van der Waals surface area contributed by atoms with Crippen LogP contribution in [0.3, 0.4) is 0 Å². The van der Waals surface area contributed by atoms with Crippen LogP contribution in [0.5, 0.6) is 0 Å². The van der Waals surface area contributed by atoms with Crippen LogP contribution in [0.25, 0.3) is 17.3 Å². The first-order valence-corrected chi connectivity index (χ1v) is 8.67. The Morgan fingerprint density at radius 1 is 0.926 bits per heavy atom. The van der Waals surface area contributed by atoms with Crippen LogP contribution in [0.15, 0.2) is 76.5 Å². The van der Waals surface area contributed by atoms with Gasteiger partial charge in [-0.15, -0.1) is 10.2 Å². The van der Waals surface area contributed by atoms with Gasteiger partial charge in [0.2, 0.25) is 16.1 Å². The molecular formula is C19H11F2N3O2S. The van der Waals surface area contributed by atoms with Gasteiger partial charge in [0, 0.05) is 5.69 Å². The molecule has 0 amide bonds. The van der Waals surface area contributed by atoms with E-state index in [2.05, 4.69) is 10.2 Å². The van der Waals surface area contributed by atoms with E-state index in [1.54, 1.807) is 28.8 Å². The van der Waals surface area contributed by atoms with E-state index in [-0.39, 0.29) is 5.16 Å². The van der Waals surface area contributed by atoms with Gasteiger partial charge < -0.3 is 4.42 Å². The fourth-order valence-electron chi connectivity index (χ4n) is 2.54. The van der Waals surface area contributed by atoms with Crippen molar-refractivity contribution in [3.8, 4) is 17.3 Å². The third-order valence-electron chi connectivity index (χ3n) is 3.74. The molecule has 134 valence electrons. The van der Waals surface area contributed by atoms with Crippen LogP contribution in [0.2, 0.25) is 0 Å². The smallest absolute Gasteiger partial charge is 0.233 e. The molecule has 0 N–H and O–H groups in total. The number of nitrogens with zero attached hydrogens (tertiary/aromatic N) is 3. The number of halogens is 2. The molecule has 4 rings (SSSR count). The highest BCUT2D eigenvalue weighted by Gasteiger charge is 2.24. The van der Waals surface area contributed by atoms with Crippen LogP contribution >= 0.6 is 11.8 Å². The molecule has 0 radical (unpaired) electrons. The minimum atomic E-state index is -0.926. The maximum Gasteiger partial charge on any atom is 0.233 e. The highest BCUT2D eigenvalue weighted by molar-refractivity contribution is 8.14. The summed E-state index contributed by atoms with van der Waals surface area (Å²) in [7, 11) is 0. The first-order valence-electron chi connectivity index (χ1n) is 7.86. The first-order chi connectivity index (χ1) is 13.1. The van der Waals surface area contributed by atoms with Gasteiger partial charge in [0.05, 0.1) is 6.26 Å². The number of para-hydroxylation sites is 1. The molecule has 0 unspecified atom stereocenters. The van der Waals surface area contributed by atoms with Gasteiger partial charge in [0.1, 0.15) is 17.2 Å². The van der Waals surface area contributed by atoms with E-state index in [1.165, 1.54) is 12.3 Å². The van der Waals surface area contributed by atoms with Gasteiger partial charge in [0.15, 0.2) is 5.76 Å². The molecule has 0 fully saturated rings. The molecule has 0 aliphatic carbocycles. The second-order valence-electron chi connectivity index (χ2n) is 5.44. The molecule has 0 atom stereocenters. The zero-order valence-electron chi connectivity index (χ0n) is 13.7. The number of thioether (sulfide) groups is 1. The van der Waals surface area contributed by atoms with Gasteiger partial charge in [-0.3, -0.25) is 9.36 Å². The molecule has 4 aromatic rings. The van der Waals surface area contributed by atoms with Gasteiger partial charge >= 0.3 is 0 Å². The third-order valence-corrected chi connectivity index (χ3v) is 4.58. The minimum absolute atomic E-state index is 0.167. The minimum Gasteiger partial charge on any atom is -0.461 e. The number of hydrogen-bond donors (Lipinski definition) is 0. The average molecular weight is 383 g/mol. The quantitative estimate of drug-likeness (QED) is 0.477. The lowest BCUT2D eigenvalue weighted by Gasteiger charge is -2.09. The number of aromatic nitrogens is 3. The summed E-state index contributed by atoms with van der Waals surface area (Å²) in [6.45, 7) is 0. The van der Waals surface area contributed by atoms with Crippen LogP contribution in [-0.4, -0.2) is 19.9 Å². The third kappa shape index (κ3) is 3.26. The van der Waals surface area contributed by atoms with E-state index in [4.69, 9.17) is 4.42 Å². The van der Waals surface area contributed by atoms with Crippen molar-refractivity contribution >= 4 is 16.9 Å². The van der Waals surface area contributed by atoms with Crippen molar-refractivity contribution in [2.24, 2.45) is 0 Å². The van der Waals surface area contributed by atoms with Crippen molar-refractivity contribution in [3.05, 3.63) is 84.1 Å². The summed E-state index contributed by atoms with van der Waals surface area (Å²) < 4.78 is 34.8. The summed E-state index contributed by atoms with van der Waals surface area (Å²) in [5.41, 5.74) is 0.0582. The summed E-state index contributed by atoms with van der Waals surface area (Å²) in [4.78, 5) is 12.5.